The molecule has 1 aliphatic heterocycles. The standard InChI is InChI=1S/C25H27N5O3/c1-17(31)23-27-9-11-29(23)15-21-12-22(33-28-21)20-6-4-18(5-7-20)2-3-19-13-25(14-19)8-10-30(16-25)24(26)32/h4-7,9,11-12,17,19,31H,8,10,13-16H2,1H3,(H2,26,32)/t17-,19?,25?/m0/s1. The fourth-order valence-corrected chi connectivity index (χ4v) is 4.97. The average molecular weight is 446 g/mol. The second kappa shape index (κ2) is 8.41. The third-order valence-corrected chi connectivity index (χ3v) is 6.71. The van der Waals surface area contributed by atoms with Crippen molar-refractivity contribution < 1.29 is 14.4 Å². The van der Waals surface area contributed by atoms with Crippen molar-refractivity contribution in [3.63, 3.8) is 0 Å². The number of aliphatic hydroxyl groups is 1. The summed E-state index contributed by atoms with van der Waals surface area (Å²) in [5, 5.41) is 14.0. The lowest BCUT2D eigenvalue weighted by Gasteiger charge is -2.42. The first-order valence-electron chi connectivity index (χ1n) is 11.2. The Hall–Kier alpha value is -3.57. The number of nitrogens with two attached hydrogens (primary N) is 1. The molecule has 1 saturated carbocycles. The van der Waals surface area contributed by atoms with Gasteiger partial charge in [0.15, 0.2) is 5.76 Å². The number of benzene rings is 1. The lowest BCUT2D eigenvalue weighted by molar-refractivity contribution is 0.101. The number of urea groups is 1. The maximum atomic E-state index is 11.4. The van der Waals surface area contributed by atoms with Crippen molar-refractivity contribution in [2.75, 3.05) is 13.1 Å². The SMILES string of the molecule is C[C@H](O)c1nccn1Cc1cc(-c2ccc(C#CC3CC4(CCN(C(N)=O)C4)C3)cc2)on1. The molecule has 2 amide bonds. The molecule has 1 aromatic carbocycles. The van der Waals surface area contributed by atoms with Crippen molar-refractivity contribution in [2.24, 2.45) is 17.1 Å². The lowest BCUT2D eigenvalue weighted by Crippen LogP contribution is -2.41. The number of imidazole rings is 1. The number of carbonyl (C=O) groups excluding carboxylic acids is 1. The Morgan fingerprint density at radius 3 is 2.85 bits per heavy atom. The molecule has 1 spiro atoms. The highest BCUT2D eigenvalue weighted by molar-refractivity contribution is 5.72. The van der Waals surface area contributed by atoms with E-state index in [1.54, 1.807) is 18.0 Å². The molecular weight excluding hydrogens is 418 g/mol. The molecule has 8 nitrogen and oxygen atoms in total. The third-order valence-electron chi connectivity index (χ3n) is 6.71. The quantitative estimate of drug-likeness (QED) is 0.600. The van der Waals surface area contributed by atoms with Gasteiger partial charge in [0.25, 0.3) is 0 Å². The van der Waals surface area contributed by atoms with Gasteiger partial charge in [0.1, 0.15) is 17.6 Å². The molecule has 5 rings (SSSR count). The summed E-state index contributed by atoms with van der Waals surface area (Å²) < 4.78 is 7.38. The second-order valence-corrected chi connectivity index (χ2v) is 9.23. The summed E-state index contributed by atoms with van der Waals surface area (Å²) in [5.41, 5.74) is 8.29. The highest BCUT2D eigenvalue weighted by Gasteiger charge is 2.48. The maximum Gasteiger partial charge on any atom is 0.314 e. The van der Waals surface area contributed by atoms with Crippen LogP contribution in [0, 0.1) is 23.2 Å². The van der Waals surface area contributed by atoms with Gasteiger partial charge in [-0.1, -0.05) is 17.0 Å². The molecule has 0 bridgehead atoms. The zero-order valence-corrected chi connectivity index (χ0v) is 18.6. The van der Waals surface area contributed by atoms with Crippen LogP contribution in [0.1, 0.15) is 49.4 Å². The van der Waals surface area contributed by atoms with Crippen LogP contribution in [0.5, 0.6) is 0 Å². The van der Waals surface area contributed by atoms with Gasteiger partial charge in [0.2, 0.25) is 0 Å². The molecule has 170 valence electrons. The highest BCUT2D eigenvalue weighted by Crippen LogP contribution is 2.51. The molecule has 2 aromatic heterocycles. The number of amides is 2. The van der Waals surface area contributed by atoms with E-state index in [9.17, 15) is 9.90 Å². The van der Waals surface area contributed by atoms with Crippen LogP contribution in [0.2, 0.25) is 0 Å². The Kier molecular flexibility index (Phi) is 5.43. The van der Waals surface area contributed by atoms with Gasteiger partial charge in [-0.05, 0) is 55.9 Å². The summed E-state index contributed by atoms with van der Waals surface area (Å²) in [6.45, 7) is 3.71. The van der Waals surface area contributed by atoms with Crippen molar-refractivity contribution in [3.8, 4) is 23.2 Å². The Morgan fingerprint density at radius 2 is 2.15 bits per heavy atom. The molecule has 0 unspecified atom stereocenters. The molecule has 0 radical (unpaired) electrons. The largest absolute Gasteiger partial charge is 0.385 e. The molecule has 1 aliphatic carbocycles. The number of carbonyl (C=O) groups is 1. The molecular formula is C25H27N5O3. The van der Waals surface area contributed by atoms with E-state index in [2.05, 4.69) is 22.0 Å². The summed E-state index contributed by atoms with van der Waals surface area (Å²) in [6, 6.07) is 9.53. The third kappa shape index (κ3) is 4.37. The van der Waals surface area contributed by atoms with Crippen LogP contribution < -0.4 is 5.73 Å². The molecule has 3 heterocycles. The minimum absolute atomic E-state index is 0.231. The molecule has 33 heavy (non-hydrogen) atoms. The van der Waals surface area contributed by atoms with E-state index < -0.39 is 6.10 Å². The van der Waals surface area contributed by atoms with E-state index in [0.29, 0.717) is 24.0 Å². The molecule has 1 saturated heterocycles. The molecule has 2 fully saturated rings. The number of rotatable bonds is 4. The van der Waals surface area contributed by atoms with E-state index in [0.717, 1.165) is 49.2 Å². The van der Waals surface area contributed by atoms with Crippen LogP contribution in [-0.4, -0.2) is 43.8 Å². The summed E-state index contributed by atoms with van der Waals surface area (Å²) in [5.74, 6) is 8.32. The van der Waals surface area contributed by atoms with Crippen LogP contribution >= 0.6 is 0 Å². The van der Waals surface area contributed by atoms with E-state index in [-0.39, 0.29) is 11.4 Å². The van der Waals surface area contributed by atoms with Crippen molar-refractivity contribution in [2.45, 2.75) is 38.8 Å². The predicted molar refractivity (Wildman–Crippen MR) is 122 cm³/mol. The first-order chi connectivity index (χ1) is 15.9. The molecule has 2 aliphatic rings. The van der Waals surface area contributed by atoms with Crippen molar-refractivity contribution in [1.82, 2.24) is 19.6 Å². The number of aromatic nitrogens is 3. The fraction of sp³-hybridized carbons (Fsp3) is 0.400. The van der Waals surface area contributed by atoms with Crippen LogP contribution in [0.25, 0.3) is 11.3 Å². The van der Waals surface area contributed by atoms with Crippen LogP contribution in [0.15, 0.2) is 47.2 Å². The zero-order valence-electron chi connectivity index (χ0n) is 18.6. The van der Waals surface area contributed by atoms with Crippen molar-refractivity contribution in [1.29, 1.82) is 0 Å². The monoisotopic (exact) mass is 445 g/mol. The number of nitrogens with zero attached hydrogens (tertiary/aromatic N) is 4. The minimum Gasteiger partial charge on any atom is -0.385 e. The minimum atomic E-state index is -0.645. The number of hydrogen-bond donors (Lipinski definition) is 2. The number of primary amides is 1. The van der Waals surface area contributed by atoms with Gasteiger partial charge in [-0.15, -0.1) is 0 Å². The van der Waals surface area contributed by atoms with Gasteiger partial charge >= 0.3 is 6.03 Å². The van der Waals surface area contributed by atoms with Gasteiger partial charge < -0.3 is 24.8 Å². The maximum absolute atomic E-state index is 11.4. The molecule has 3 N–H and O–H groups in total. The zero-order chi connectivity index (χ0) is 23.0. The van der Waals surface area contributed by atoms with Gasteiger partial charge in [0, 0.05) is 48.6 Å². The van der Waals surface area contributed by atoms with Gasteiger partial charge in [0.05, 0.1) is 6.54 Å². The summed E-state index contributed by atoms with van der Waals surface area (Å²) in [6.07, 6.45) is 5.94. The first-order valence-corrected chi connectivity index (χ1v) is 11.2. The number of likely N-dealkylation sites (tertiary alicyclic amines) is 1. The van der Waals surface area contributed by atoms with E-state index in [1.165, 1.54) is 0 Å². The number of aliphatic hydroxyl groups excluding tert-OH is 1. The Morgan fingerprint density at radius 1 is 1.36 bits per heavy atom. The van der Waals surface area contributed by atoms with E-state index >= 15 is 0 Å². The van der Waals surface area contributed by atoms with Crippen LogP contribution in [0.3, 0.4) is 0 Å². The Labute approximate surface area is 192 Å². The highest BCUT2D eigenvalue weighted by atomic mass is 16.5. The lowest BCUT2D eigenvalue weighted by atomic mass is 9.62. The predicted octanol–water partition coefficient (Wildman–Crippen LogP) is 3.17. The van der Waals surface area contributed by atoms with Gasteiger partial charge in [-0.2, -0.15) is 0 Å². The molecule has 8 heteroatoms. The summed E-state index contributed by atoms with van der Waals surface area (Å²) in [7, 11) is 0. The van der Waals surface area contributed by atoms with E-state index in [4.69, 9.17) is 10.3 Å². The summed E-state index contributed by atoms with van der Waals surface area (Å²) in [4.78, 5) is 17.3. The van der Waals surface area contributed by atoms with Crippen LogP contribution in [0.4, 0.5) is 4.79 Å². The Balaban J connectivity index is 1.19. The topological polar surface area (TPSA) is 110 Å². The molecule has 1 atom stereocenters. The smallest absolute Gasteiger partial charge is 0.314 e. The first kappa shape index (κ1) is 21.3. The second-order valence-electron chi connectivity index (χ2n) is 9.23. The van der Waals surface area contributed by atoms with Crippen molar-refractivity contribution in [3.05, 3.63) is 59.8 Å². The van der Waals surface area contributed by atoms with Gasteiger partial charge in [-0.25, -0.2) is 9.78 Å². The number of hydrogen-bond acceptors (Lipinski definition) is 5. The van der Waals surface area contributed by atoms with E-state index in [1.807, 2.05) is 41.1 Å². The van der Waals surface area contributed by atoms with Crippen molar-refractivity contribution >= 4 is 6.03 Å². The average Bonchev–Trinajstić information content (AvgIpc) is 3.52. The normalized spacial score (nSPS) is 22.6. The van der Waals surface area contributed by atoms with Gasteiger partial charge in [-0.3, -0.25) is 0 Å². The fourth-order valence-electron chi connectivity index (χ4n) is 4.97. The van der Waals surface area contributed by atoms with Crippen LogP contribution in [-0.2, 0) is 6.54 Å². The summed E-state index contributed by atoms with van der Waals surface area (Å²) >= 11 is 0. The Bertz CT molecular complexity index is 1210. The molecule has 3 aromatic rings.